The third kappa shape index (κ3) is 5.24. The number of aryl methyl sites for hydroxylation is 2. The minimum absolute atomic E-state index is 0.0151. The summed E-state index contributed by atoms with van der Waals surface area (Å²) in [5.74, 6) is 0.170. The van der Waals surface area contributed by atoms with Crippen LogP contribution in [-0.4, -0.2) is 40.5 Å². The molecule has 0 saturated carbocycles. The third-order valence-electron chi connectivity index (χ3n) is 5.75. The normalized spacial score (nSPS) is 16.0. The fourth-order valence-corrected chi connectivity index (χ4v) is 6.09. The van der Waals surface area contributed by atoms with Crippen molar-refractivity contribution in [2.24, 2.45) is 0 Å². The number of thiophene rings is 1. The number of amides is 1. The number of nitrogens with one attached hydrogen (secondary N) is 1. The van der Waals surface area contributed by atoms with Crippen LogP contribution < -0.4 is 10.9 Å². The molecule has 0 aliphatic carbocycles. The molecule has 1 amide bonds. The lowest BCUT2D eigenvalue weighted by Gasteiger charge is -2.16. The van der Waals surface area contributed by atoms with Crippen molar-refractivity contribution in [1.29, 1.82) is 0 Å². The second-order valence-corrected chi connectivity index (χ2v) is 10.1. The van der Waals surface area contributed by atoms with Crippen LogP contribution in [0.5, 0.6) is 0 Å². The molecule has 32 heavy (non-hydrogen) atoms. The van der Waals surface area contributed by atoms with Crippen molar-refractivity contribution in [3.63, 3.8) is 0 Å². The molecule has 3 aromatic rings. The molecular formula is C24H29N3O3S2. The molecule has 1 unspecified atom stereocenters. The van der Waals surface area contributed by atoms with Gasteiger partial charge < -0.3 is 10.1 Å². The lowest BCUT2D eigenvalue weighted by Crippen LogP contribution is -2.30. The highest BCUT2D eigenvalue weighted by molar-refractivity contribution is 7.99. The maximum atomic E-state index is 13.5. The molecule has 6 nitrogen and oxygen atoms in total. The van der Waals surface area contributed by atoms with E-state index in [1.165, 1.54) is 17.3 Å². The molecule has 1 aliphatic heterocycles. The van der Waals surface area contributed by atoms with Gasteiger partial charge in [0.1, 0.15) is 4.83 Å². The summed E-state index contributed by atoms with van der Waals surface area (Å²) in [6, 6.07) is 10.1. The summed E-state index contributed by atoms with van der Waals surface area (Å²) in [5, 5.41) is 4.29. The number of carbonyl (C=O) groups excluding carboxylic acids is 1. The number of hydrogen-bond donors (Lipinski definition) is 1. The molecule has 4 rings (SSSR count). The number of aromatic nitrogens is 2. The van der Waals surface area contributed by atoms with Crippen molar-refractivity contribution < 1.29 is 9.53 Å². The average molecular weight is 472 g/mol. The predicted octanol–water partition coefficient (Wildman–Crippen LogP) is 3.96. The van der Waals surface area contributed by atoms with Crippen LogP contribution in [0.1, 0.15) is 35.8 Å². The fourth-order valence-electron chi connectivity index (χ4n) is 4.09. The molecule has 0 spiro atoms. The minimum atomic E-state index is -0.0550. The Labute approximate surface area is 196 Å². The summed E-state index contributed by atoms with van der Waals surface area (Å²) in [6.07, 6.45) is 3.57. The summed E-state index contributed by atoms with van der Waals surface area (Å²) >= 11 is 2.89. The van der Waals surface area contributed by atoms with Crippen molar-refractivity contribution in [1.82, 2.24) is 14.9 Å². The van der Waals surface area contributed by atoms with Crippen LogP contribution in [-0.2, 0) is 28.9 Å². The number of hydrogen-bond acceptors (Lipinski definition) is 6. The van der Waals surface area contributed by atoms with Gasteiger partial charge in [-0.3, -0.25) is 14.2 Å². The smallest absolute Gasteiger partial charge is 0.263 e. The first-order chi connectivity index (χ1) is 15.6. The number of rotatable bonds is 9. The van der Waals surface area contributed by atoms with E-state index >= 15 is 0 Å². The van der Waals surface area contributed by atoms with Gasteiger partial charge in [-0.15, -0.1) is 11.3 Å². The van der Waals surface area contributed by atoms with Gasteiger partial charge >= 0.3 is 0 Å². The number of carbonyl (C=O) groups is 1. The Kier molecular flexibility index (Phi) is 7.65. The van der Waals surface area contributed by atoms with Crippen LogP contribution in [0.3, 0.4) is 0 Å². The maximum Gasteiger partial charge on any atom is 0.263 e. The number of fused-ring (bicyclic) bond motifs is 1. The lowest BCUT2D eigenvalue weighted by molar-refractivity contribution is -0.118. The molecular weight excluding hydrogens is 442 g/mol. The number of benzene rings is 1. The van der Waals surface area contributed by atoms with E-state index in [-0.39, 0.29) is 23.3 Å². The monoisotopic (exact) mass is 471 g/mol. The van der Waals surface area contributed by atoms with Crippen LogP contribution in [0.15, 0.2) is 40.3 Å². The van der Waals surface area contributed by atoms with Crippen molar-refractivity contribution in [2.45, 2.75) is 57.3 Å². The Bertz CT molecular complexity index is 1130. The zero-order valence-corrected chi connectivity index (χ0v) is 20.2. The molecule has 1 aromatic carbocycles. The van der Waals surface area contributed by atoms with E-state index in [2.05, 4.69) is 24.4 Å². The first-order valence-electron chi connectivity index (χ1n) is 11.1. The summed E-state index contributed by atoms with van der Waals surface area (Å²) in [4.78, 5) is 32.6. The molecule has 3 heterocycles. The minimum Gasteiger partial charge on any atom is -0.376 e. The Morgan fingerprint density at radius 2 is 2.16 bits per heavy atom. The van der Waals surface area contributed by atoms with E-state index in [0.717, 1.165) is 52.9 Å². The van der Waals surface area contributed by atoms with Crippen LogP contribution in [0.2, 0.25) is 0 Å². The van der Waals surface area contributed by atoms with E-state index in [4.69, 9.17) is 9.72 Å². The van der Waals surface area contributed by atoms with Gasteiger partial charge in [0.2, 0.25) is 5.91 Å². The van der Waals surface area contributed by atoms with Crippen molar-refractivity contribution in [3.8, 4) is 0 Å². The Balaban J connectivity index is 1.50. The molecule has 1 fully saturated rings. The quantitative estimate of drug-likeness (QED) is 0.378. The van der Waals surface area contributed by atoms with Gasteiger partial charge in [-0.05, 0) is 43.7 Å². The van der Waals surface area contributed by atoms with Crippen LogP contribution in [0, 0.1) is 6.92 Å². The van der Waals surface area contributed by atoms with Crippen LogP contribution in [0.25, 0.3) is 10.2 Å². The van der Waals surface area contributed by atoms with Crippen molar-refractivity contribution in [3.05, 3.63) is 56.7 Å². The maximum absolute atomic E-state index is 13.5. The van der Waals surface area contributed by atoms with E-state index < -0.39 is 0 Å². The molecule has 1 aliphatic rings. The van der Waals surface area contributed by atoms with Crippen molar-refractivity contribution >= 4 is 39.2 Å². The standard InChI is InChI=1S/C24H29N3O3S2/c1-3-19-16(2)32-22-21(19)23(29)27(14-18-10-7-13-30-18)24(26-22)31-15-20(28)25-12-11-17-8-5-4-6-9-17/h4-6,8-9,18H,3,7,10-15H2,1-2H3,(H,25,28). The second kappa shape index (κ2) is 10.6. The first-order valence-corrected chi connectivity index (χ1v) is 12.9. The predicted molar refractivity (Wildman–Crippen MR) is 131 cm³/mol. The Hall–Kier alpha value is -2.16. The highest BCUT2D eigenvalue weighted by Crippen LogP contribution is 2.30. The zero-order chi connectivity index (χ0) is 22.5. The molecule has 1 atom stereocenters. The SMILES string of the molecule is CCc1c(C)sc2nc(SCC(=O)NCCc3ccccc3)n(CC3CCCO3)c(=O)c12. The van der Waals surface area contributed by atoms with Gasteiger partial charge in [0, 0.05) is 18.0 Å². The summed E-state index contributed by atoms with van der Waals surface area (Å²) < 4.78 is 7.52. The molecule has 170 valence electrons. The number of thioether (sulfide) groups is 1. The molecule has 8 heteroatoms. The Morgan fingerprint density at radius 1 is 1.34 bits per heavy atom. The Morgan fingerprint density at radius 3 is 2.88 bits per heavy atom. The lowest BCUT2D eigenvalue weighted by atomic mass is 10.1. The largest absolute Gasteiger partial charge is 0.376 e. The highest BCUT2D eigenvalue weighted by atomic mass is 32.2. The topological polar surface area (TPSA) is 73.2 Å². The summed E-state index contributed by atoms with van der Waals surface area (Å²) in [6.45, 7) is 5.92. The number of ether oxygens (including phenoxy) is 1. The highest BCUT2D eigenvalue weighted by Gasteiger charge is 2.23. The van der Waals surface area contributed by atoms with E-state index in [9.17, 15) is 9.59 Å². The number of nitrogens with zero attached hydrogens (tertiary/aromatic N) is 2. The average Bonchev–Trinajstić information content (AvgIpc) is 3.42. The van der Waals surface area contributed by atoms with Gasteiger partial charge in [0.15, 0.2) is 5.16 Å². The van der Waals surface area contributed by atoms with Gasteiger partial charge in [-0.1, -0.05) is 49.0 Å². The van der Waals surface area contributed by atoms with E-state index in [1.807, 2.05) is 25.1 Å². The van der Waals surface area contributed by atoms with E-state index in [0.29, 0.717) is 18.2 Å². The molecule has 0 bridgehead atoms. The van der Waals surface area contributed by atoms with Gasteiger partial charge in [0.25, 0.3) is 5.56 Å². The molecule has 1 N–H and O–H groups in total. The van der Waals surface area contributed by atoms with Gasteiger partial charge in [-0.2, -0.15) is 0 Å². The van der Waals surface area contributed by atoms with E-state index in [1.54, 1.807) is 15.9 Å². The van der Waals surface area contributed by atoms with Gasteiger partial charge in [0.05, 0.1) is 23.8 Å². The summed E-state index contributed by atoms with van der Waals surface area (Å²) in [7, 11) is 0. The van der Waals surface area contributed by atoms with Crippen molar-refractivity contribution in [2.75, 3.05) is 18.9 Å². The van der Waals surface area contributed by atoms with Crippen LogP contribution >= 0.6 is 23.1 Å². The zero-order valence-electron chi connectivity index (χ0n) is 18.6. The second-order valence-electron chi connectivity index (χ2n) is 7.99. The molecule has 0 radical (unpaired) electrons. The van der Waals surface area contributed by atoms with Gasteiger partial charge in [-0.25, -0.2) is 4.98 Å². The summed E-state index contributed by atoms with van der Waals surface area (Å²) in [5.41, 5.74) is 2.26. The third-order valence-corrected chi connectivity index (χ3v) is 7.77. The molecule has 1 saturated heterocycles. The fraction of sp³-hybridized carbons (Fsp3) is 0.458. The molecule has 2 aromatic heterocycles. The first kappa shape index (κ1) is 23.0. The van der Waals surface area contributed by atoms with Crippen LogP contribution in [0.4, 0.5) is 0 Å².